The van der Waals surface area contributed by atoms with E-state index in [2.05, 4.69) is 17.1 Å². The van der Waals surface area contributed by atoms with Crippen molar-refractivity contribution in [3.63, 3.8) is 0 Å². The van der Waals surface area contributed by atoms with Gasteiger partial charge in [0.25, 0.3) is 0 Å². The normalized spacial score (nSPS) is 14.8. The summed E-state index contributed by atoms with van der Waals surface area (Å²) in [6.07, 6.45) is 2.73. The fourth-order valence-electron chi connectivity index (χ4n) is 1.61. The van der Waals surface area contributed by atoms with Crippen LogP contribution in [0.4, 0.5) is 0 Å². The van der Waals surface area contributed by atoms with Crippen LogP contribution in [0.2, 0.25) is 0 Å². The van der Waals surface area contributed by atoms with E-state index in [0.29, 0.717) is 6.10 Å². The molecule has 0 aliphatic heterocycles. The molecule has 2 aromatic rings. The molecule has 1 aromatic carbocycles. The third kappa shape index (κ3) is 2.06. The minimum absolute atomic E-state index is 0.401. The first-order valence-electron chi connectivity index (χ1n) is 5.61. The predicted octanol–water partition coefficient (Wildman–Crippen LogP) is 3.29. The Morgan fingerprint density at radius 3 is 2.50 bits per heavy atom. The SMILES string of the molecule is c1ccc(-c2cccc(OC3CC3)n2)cc1. The number of hydrogen-bond donors (Lipinski definition) is 0. The molecule has 0 radical (unpaired) electrons. The molecule has 3 rings (SSSR count). The second-order valence-corrected chi connectivity index (χ2v) is 4.04. The monoisotopic (exact) mass is 211 g/mol. The lowest BCUT2D eigenvalue weighted by molar-refractivity contribution is 0.291. The molecule has 1 aliphatic carbocycles. The Morgan fingerprint density at radius 1 is 0.938 bits per heavy atom. The third-order valence-electron chi connectivity index (χ3n) is 2.60. The van der Waals surface area contributed by atoms with Crippen LogP contribution >= 0.6 is 0 Å². The van der Waals surface area contributed by atoms with Gasteiger partial charge >= 0.3 is 0 Å². The van der Waals surface area contributed by atoms with Crippen molar-refractivity contribution in [2.24, 2.45) is 0 Å². The summed E-state index contributed by atoms with van der Waals surface area (Å²) in [5.74, 6) is 0.740. The molecular formula is C14H13NO. The number of benzene rings is 1. The van der Waals surface area contributed by atoms with E-state index < -0.39 is 0 Å². The van der Waals surface area contributed by atoms with Gasteiger partial charge in [-0.05, 0) is 18.9 Å². The number of rotatable bonds is 3. The van der Waals surface area contributed by atoms with Gasteiger partial charge in [0.15, 0.2) is 0 Å². The van der Waals surface area contributed by atoms with Crippen LogP contribution in [0.3, 0.4) is 0 Å². The first-order valence-corrected chi connectivity index (χ1v) is 5.61. The van der Waals surface area contributed by atoms with Gasteiger partial charge in [0.2, 0.25) is 5.88 Å². The Bertz CT molecular complexity index is 477. The summed E-state index contributed by atoms with van der Waals surface area (Å²) in [6, 6.07) is 16.1. The predicted molar refractivity (Wildman–Crippen MR) is 63.3 cm³/mol. The molecule has 0 saturated heterocycles. The fraction of sp³-hybridized carbons (Fsp3) is 0.214. The Balaban J connectivity index is 1.89. The van der Waals surface area contributed by atoms with Crippen molar-refractivity contribution in [1.29, 1.82) is 0 Å². The highest BCUT2D eigenvalue weighted by Gasteiger charge is 2.23. The Kier molecular flexibility index (Phi) is 2.33. The topological polar surface area (TPSA) is 22.1 Å². The molecule has 2 nitrogen and oxygen atoms in total. The average Bonchev–Trinajstić information content (AvgIpc) is 3.15. The Labute approximate surface area is 94.9 Å². The molecular weight excluding hydrogens is 198 g/mol. The zero-order valence-electron chi connectivity index (χ0n) is 8.97. The summed E-state index contributed by atoms with van der Waals surface area (Å²) in [6.45, 7) is 0. The maximum atomic E-state index is 5.68. The largest absolute Gasteiger partial charge is 0.474 e. The minimum atomic E-state index is 0.401. The molecule has 0 unspecified atom stereocenters. The van der Waals surface area contributed by atoms with Gasteiger partial charge in [-0.15, -0.1) is 0 Å². The zero-order valence-corrected chi connectivity index (χ0v) is 8.97. The van der Waals surface area contributed by atoms with Gasteiger partial charge in [-0.1, -0.05) is 36.4 Å². The lowest BCUT2D eigenvalue weighted by Crippen LogP contribution is -1.98. The number of nitrogens with zero attached hydrogens (tertiary/aromatic N) is 1. The summed E-state index contributed by atoms with van der Waals surface area (Å²) in [5, 5.41) is 0. The van der Waals surface area contributed by atoms with Gasteiger partial charge in [-0.3, -0.25) is 0 Å². The van der Waals surface area contributed by atoms with Crippen molar-refractivity contribution in [2.45, 2.75) is 18.9 Å². The highest BCUT2D eigenvalue weighted by atomic mass is 16.5. The summed E-state index contributed by atoms with van der Waals surface area (Å²) < 4.78 is 5.68. The summed E-state index contributed by atoms with van der Waals surface area (Å²) in [4.78, 5) is 4.50. The molecule has 2 heteroatoms. The molecule has 0 atom stereocenters. The molecule has 1 saturated carbocycles. The van der Waals surface area contributed by atoms with Gasteiger partial charge in [-0.2, -0.15) is 0 Å². The molecule has 1 aromatic heterocycles. The number of ether oxygens (including phenoxy) is 1. The summed E-state index contributed by atoms with van der Waals surface area (Å²) in [5.41, 5.74) is 2.10. The number of pyridine rings is 1. The van der Waals surface area contributed by atoms with Gasteiger partial charge in [-0.25, -0.2) is 4.98 Å². The van der Waals surface area contributed by atoms with Gasteiger partial charge in [0.05, 0.1) is 5.69 Å². The lowest BCUT2D eigenvalue weighted by Gasteiger charge is -2.05. The van der Waals surface area contributed by atoms with E-state index in [4.69, 9.17) is 4.74 Å². The first-order chi connectivity index (χ1) is 7.92. The Morgan fingerprint density at radius 2 is 1.75 bits per heavy atom. The van der Waals surface area contributed by atoms with Crippen LogP contribution in [0, 0.1) is 0 Å². The number of hydrogen-bond acceptors (Lipinski definition) is 2. The molecule has 1 aliphatic rings. The quantitative estimate of drug-likeness (QED) is 0.777. The van der Waals surface area contributed by atoms with Crippen LogP contribution in [0.15, 0.2) is 48.5 Å². The van der Waals surface area contributed by atoms with E-state index in [1.165, 1.54) is 0 Å². The van der Waals surface area contributed by atoms with Gasteiger partial charge in [0, 0.05) is 11.6 Å². The molecule has 1 fully saturated rings. The van der Waals surface area contributed by atoms with E-state index in [1.54, 1.807) is 0 Å². The van der Waals surface area contributed by atoms with Crippen LogP contribution in [0.5, 0.6) is 5.88 Å². The lowest BCUT2D eigenvalue weighted by atomic mass is 10.1. The third-order valence-corrected chi connectivity index (χ3v) is 2.60. The second kappa shape index (κ2) is 3.97. The second-order valence-electron chi connectivity index (χ2n) is 4.04. The maximum Gasteiger partial charge on any atom is 0.214 e. The van der Waals surface area contributed by atoms with Crippen LogP contribution in [0.1, 0.15) is 12.8 Å². The maximum absolute atomic E-state index is 5.68. The van der Waals surface area contributed by atoms with Crippen molar-refractivity contribution in [2.75, 3.05) is 0 Å². The molecule has 0 amide bonds. The van der Waals surface area contributed by atoms with E-state index in [0.717, 1.165) is 30.0 Å². The van der Waals surface area contributed by atoms with Crippen LogP contribution in [0.25, 0.3) is 11.3 Å². The van der Waals surface area contributed by atoms with Crippen LogP contribution in [-0.4, -0.2) is 11.1 Å². The molecule has 80 valence electrons. The fourth-order valence-corrected chi connectivity index (χ4v) is 1.61. The van der Waals surface area contributed by atoms with Crippen molar-refractivity contribution in [3.8, 4) is 17.1 Å². The molecule has 1 heterocycles. The summed E-state index contributed by atoms with van der Waals surface area (Å²) >= 11 is 0. The summed E-state index contributed by atoms with van der Waals surface area (Å²) in [7, 11) is 0. The van der Waals surface area contributed by atoms with Gasteiger partial charge in [0.1, 0.15) is 6.10 Å². The van der Waals surface area contributed by atoms with Crippen molar-refractivity contribution >= 4 is 0 Å². The van der Waals surface area contributed by atoms with Gasteiger partial charge < -0.3 is 4.74 Å². The van der Waals surface area contributed by atoms with E-state index in [-0.39, 0.29) is 0 Å². The zero-order chi connectivity index (χ0) is 10.8. The molecule has 0 spiro atoms. The smallest absolute Gasteiger partial charge is 0.214 e. The van der Waals surface area contributed by atoms with Crippen LogP contribution < -0.4 is 4.74 Å². The first kappa shape index (κ1) is 9.40. The van der Waals surface area contributed by atoms with E-state index >= 15 is 0 Å². The molecule has 16 heavy (non-hydrogen) atoms. The standard InChI is InChI=1S/C14H13NO/c1-2-5-11(6-3-1)13-7-4-8-14(15-13)16-12-9-10-12/h1-8,12H,9-10H2. The van der Waals surface area contributed by atoms with Crippen molar-refractivity contribution in [1.82, 2.24) is 4.98 Å². The average molecular weight is 211 g/mol. The van der Waals surface area contributed by atoms with Crippen molar-refractivity contribution < 1.29 is 4.74 Å². The highest BCUT2D eigenvalue weighted by Crippen LogP contribution is 2.27. The minimum Gasteiger partial charge on any atom is -0.474 e. The Hall–Kier alpha value is -1.83. The number of aromatic nitrogens is 1. The van der Waals surface area contributed by atoms with Crippen LogP contribution in [-0.2, 0) is 0 Å². The molecule has 0 N–H and O–H groups in total. The van der Waals surface area contributed by atoms with Crippen molar-refractivity contribution in [3.05, 3.63) is 48.5 Å². The van der Waals surface area contributed by atoms with E-state index in [1.807, 2.05) is 36.4 Å². The van der Waals surface area contributed by atoms with E-state index in [9.17, 15) is 0 Å². The molecule has 0 bridgehead atoms. The highest BCUT2D eigenvalue weighted by molar-refractivity contribution is 5.59.